The highest BCUT2D eigenvalue weighted by Crippen LogP contribution is 2.34. The number of nitrogens with zero attached hydrogens (tertiary/aromatic N) is 2. The van der Waals surface area contributed by atoms with E-state index in [2.05, 4.69) is 29.9 Å². The van der Waals surface area contributed by atoms with Gasteiger partial charge in [0.25, 0.3) is 0 Å². The van der Waals surface area contributed by atoms with Crippen molar-refractivity contribution in [3.05, 3.63) is 28.2 Å². The summed E-state index contributed by atoms with van der Waals surface area (Å²) in [5.74, 6) is 0.872. The minimum absolute atomic E-state index is 0.156. The van der Waals surface area contributed by atoms with Crippen molar-refractivity contribution in [3.63, 3.8) is 0 Å². The molecule has 3 rings (SSSR count). The largest absolute Gasteiger partial charge is 0.498 e. The fourth-order valence-electron chi connectivity index (χ4n) is 3.32. The summed E-state index contributed by atoms with van der Waals surface area (Å²) in [4.78, 5) is 6.06. The third kappa shape index (κ3) is 2.94. The van der Waals surface area contributed by atoms with Crippen molar-refractivity contribution in [2.75, 3.05) is 6.61 Å². The first-order valence-electron chi connectivity index (χ1n) is 7.85. The van der Waals surface area contributed by atoms with Gasteiger partial charge in [-0.25, -0.2) is 0 Å². The molecule has 1 fully saturated rings. The van der Waals surface area contributed by atoms with Crippen molar-refractivity contribution >= 4 is 11.3 Å². The molecule has 0 amide bonds. The van der Waals surface area contributed by atoms with Gasteiger partial charge in [0.2, 0.25) is 0 Å². The highest BCUT2D eigenvalue weighted by atomic mass is 32.1. The molecule has 0 bridgehead atoms. The zero-order chi connectivity index (χ0) is 14.8. The highest BCUT2D eigenvalue weighted by molar-refractivity contribution is 7.07. The molecule has 0 spiro atoms. The van der Waals surface area contributed by atoms with Gasteiger partial charge in [-0.3, -0.25) is 4.99 Å². The third-order valence-electron chi connectivity index (χ3n) is 4.44. The molecule has 0 aromatic carbocycles. The van der Waals surface area contributed by atoms with Gasteiger partial charge in [-0.1, -0.05) is 13.8 Å². The molecule has 0 saturated heterocycles. The van der Waals surface area contributed by atoms with Crippen molar-refractivity contribution in [3.8, 4) is 0 Å². The van der Waals surface area contributed by atoms with Gasteiger partial charge in [-0.2, -0.15) is 0 Å². The first kappa shape index (κ1) is 14.9. The molecule has 1 aliphatic carbocycles. The van der Waals surface area contributed by atoms with Crippen LogP contribution >= 0.6 is 11.3 Å². The van der Waals surface area contributed by atoms with E-state index in [1.807, 2.05) is 6.26 Å². The summed E-state index contributed by atoms with van der Waals surface area (Å²) in [6, 6.07) is 0.311. The average molecular weight is 308 g/mol. The topological polar surface area (TPSA) is 46.8 Å². The van der Waals surface area contributed by atoms with Gasteiger partial charge < -0.3 is 14.4 Å². The molecule has 1 aromatic heterocycles. The van der Waals surface area contributed by atoms with Crippen LogP contribution in [0.4, 0.5) is 0 Å². The molecule has 116 valence electrons. The van der Waals surface area contributed by atoms with Crippen LogP contribution in [0, 0.1) is 5.92 Å². The maximum atomic E-state index is 9.34. The number of fused-ring (bicyclic) bond motifs is 1. The van der Waals surface area contributed by atoms with Crippen molar-refractivity contribution < 1.29 is 9.84 Å². The predicted octanol–water partition coefficient (Wildman–Crippen LogP) is 2.65. The van der Waals surface area contributed by atoms with Gasteiger partial charge in [0.1, 0.15) is 6.10 Å². The Kier molecular flexibility index (Phi) is 4.50. The van der Waals surface area contributed by atoms with Crippen LogP contribution in [-0.4, -0.2) is 28.4 Å². The number of rotatable bonds is 4. The second-order valence-electron chi connectivity index (χ2n) is 6.18. The number of ether oxygens (including phenoxy) is 1. The maximum absolute atomic E-state index is 9.34. The van der Waals surface area contributed by atoms with Crippen LogP contribution in [0.3, 0.4) is 0 Å². The number of aliphatic hydroxyl groups excluding tert-OH is 1. The maximum Gasteiger partial charge on any atom is 0.185 e. The molecule has 3 unspecified atom stereocenters. The minimum atomic E-state index is 0.156. The fourth-order valence-corrected chi connectivity index (χ4v) is 4.47. The number of thiazole rings is 1. The Balaban J connectivity index is 1.93. The number of hydrogen-bond donors (Lipinski definition) is 1. The summed E-state index contributed by atoms with van der Waals surface area (Å²) in [5, 5.41) is 11.5. The van der Waals surface area contributed by atoms with Crippen molar-refractivity contribution in [2.24, 2.45) is 10.9 Å². The molecule has 3 atom stereocenters. The van der Waals surface area contributed by atoms with E-state index in [1.165, 1.54) is 12.1 Å². The van der Waals surface area contributed by atoms with Crippen LogP contribution < -0.4 is 4.80 Å². The Morgan fingerprint density at radius 1 is 1.48 bits per heavy atom. The number of aromatic nitrogens is 1. The van der Waals surface area contributed by atoms with Crippen molar-refractivity contribution in [1.82, 2.24) is 4.57 Å². The molecule has 1 N–H and O–H groups in total. The highest BCUT2D eigenvalue weighted by Gasteiger charge is 2.35. The Labute approximate surface area is 129 Å². The molecule has 1 aliphatic heterocycles. The van der Waals surface area contributed by atoms with Gasteiger partial charge in [0, 0.05) is 23.5 Å². The summed E-state index contributed by atoms with van der Waals surface area (Å²) < 4.78 is 7.84. The van der Waals surface area contributed by atoms with E-state index in [4.69, 9.17) is 9.73 Å². The number of aliphatic hydroxyl groups is 1. The zero-order valence-corrected chi connectivity index (χ0v) is 13.6. The van der Waals surface area contributed by atoms with Crippen LogP contribution in [0.25, 0.3) is 0 Å². The minimum Gasteiger partial charge on any atom is -0.498 e. The zero-order valence-electron chi connectivity index (χ0n) is 12.7. The second kappa shape index (κ2) is 6.36. The smallest absolute Gasteiger partial charge is 0.185 e. The van der Waals surface area contributed by atoms with Crippen molar-refractivity contribution in [1.29, 1.82) is 0 Å². The summed E-state index contributed by atoms with van der Waals surface area (Å²) >= 11 is 1.69. The third-order valence-corrected chi connectivity index (χ3v) is 5.33. The SMILES string of the molecule is CC(C)c1cs/c(=N\C2CCCC3OC=CC23)n1CCO. The molecule has 4 nitrogen and oxygen atoms in total. The average Bonchev–Trinajstić information content (AvgIpc) is 3.07. The van der Waals surface area contributed by atoms with Gasteiger partial charge in [0.05, 0.1) is 18.9 Å². The molecule has 2 heterocycles. The van der Waals surface area contributed by atoms with E-state index in [1.54, 1.807) is 11.3 Å². The van der Waals surface area contributed by atoms with Crippen LogP contribution in [-0.2, 0) is 11.3 Å². The Hall–Kier alpha value is -1.07. The van der Waals surface area contributed by atoms with Gasteiger partial charge >= 0.3 is 0 Å². The molecular weight excluding hydrogens is 284 g/mol. The molecule has 0 radical (unpaired) electrons. The molecule has 1 saturated carbocycles. The van der Waals surface area contributed by atoms with E-state index < -0.39 is 0 Å². The van der Waals surface area contributed by atoms with E-state index in [0.717, 1.165) is 17.6 Å². The van der Waals surface area contributed by atoms with Gasteiger partial charge in [-0.15, -0.1) is 11.3 Å². The molecule has 5 heteroatoms. The molecule has 2 aliphatic rings. The lowest BCUT2D eigenvalue weighted by Gasteiger charge is -2.29. The Bertz CT molecular complexity index is 573. The quantitative estimate of drug-likeness (QED) is 0.929. The van der Waals surface area contributed by atoms with Crippen molar-refractivity contribution in [2.45, 2.75) is 57.7 Å². The lowest BCUT2D eigenvalue weighted by Crippen LogP contribution is -2.34. The normalized spacial score (nSPS) is 29.0. The second-order valence-corrected chi connectivity index (χ2v) is 7.02. The first-order valence-corrected chi connectivity index (χ1v) is 8.73. The lowest BCUT2D eigenvalue weighted by atomic mass is 9.83. The van der Waals surface area contributed by atoms with E-state index in [9.17, 15) is 5.11 Å². The summed E-state index contributed by atoms with van der Waals surface area (Å²) in [7, 11) is 0. The summed E-state index contributed by atoms with van der Waals surface area (Å²) in [6.07, 6.45) is 7.79. The number of hydrogen-bond acceptors (Lipinski definition) is 4. The van der Waals surface area contributed by atoms with Crippen LogP contribution in [0.15, 0.2) is 22.7 Å². The monoisotopic (exact) mass is 308 g/mol. The lowest BCUT2D eigenvalue weighted by molar-refractivity contribution is 0.0900. The van der Waals surface area contributed by atoms with E-state index >= 15 is 0 Å². The standard InChI is InChI=1S/C16H24N2O2S/c1-11(2)14-10-21-16(18(14)7-8-19)17-13-4-3-5-15-12(13)6-9-20-15/h6,9-13,15,19H,3-5,7-8H2,1-2H3/b17-16-. The van der Waals surface area contributed by atoms with E-state index in [0.29, 0.717) is 30.5 Å². The molecule has 21 heavy (non-hydrogen) atoms. The Morgan fingerprint density at radius 3 is 3.10 bits per heavy atom. The predicted molar refractivity (Wildman–Crippen MR) is 84.2 cm³/mol. The molecular formula is C16H24N2O2S. The van der Waals surface area contributed by atoms with Gasteiger partial charge in [0.15, 0.2) is 4.80 Å². The molecule has 1 aromatic rings. The first-order chi connectivity index (χ1) is 10.2. The summed E-state index contributed by atoms with van der Waals surface area (Å²) in [6.45, 7) is 5.15. The van der Waals surface area contributed by atoms with Crippen LogP contribution in [0.5, 0.6) is 0 Å². The van der Waals surface area contributed by atoms with Crippen LogP contribution in [0.2, 0.25) is 0 Å². The fraction of sp³-hybridized carbons (Fsp3) is 0.688. The summed E-state index contributed by atoms with van der Waals surface area (Å²) in [5.41, 5.74) is 1.26. The Morgan fingerprint density at radius 2 is 2.33 bits per heavy atom. The van der Waals surface area contributed by atoms with E-state index in [-0.39, 0.29) is 6.61 Å². The van der Waals surface area contributed by atoms with Gasteiger partial charge in [-0.05, 0) is 31.3 Å². The van der Waals surface area contributed by atoms with Crippen LogP contribution in [0.1, 0.15) is 44.7 Å².